The van der Waals surface area contributed by atoms with E-state index in [4.69, 9.17) is 22.7 Å². The van der Waals surface area contributed by atoms with Gasteiger partial charge in [0.2, 0.25) is 0 Å². The van der Waals surface area contributed by atoms with E-state index in [1.807, 2.05) is 12.1 Å². The Hall–Kier alpha value is -1.13. The first kappa shape index (κ1) is 14.3. The maximum atomic E-state index is 5.79. The molecule has 1 aliphatic rings. The van der Waals surface area contributed by atoms with Gasteiger partial charge in [-0.15, -0.1) is 0 Å². The molecule has 1 fully saturated rings. The summed E-state index contributed by atoms with van der Waals surface area (Å²) in [6, 6.07) is 6.55. The van der Waals surface area contributed by atoms with Gasteiger partial charge in [-0.25, -0.2) is 0 Å². The Bertz CT molecular complexity index is 455. The van der Waals surface area contributed by atoms with Gasteiger partial charge >= 0.3 is 0 Å². The number of aryl methyl sites for hydroxylation is 1. The number of ether oxygens (including phenoxy) is 1. The molecular weight excluding hydrogens is 256 g/mol. The summed E-state index contributed by atoms with van der Waals surface area (Å²) in [5.74, 6) is 0.647. The number of rotatable bonds is 4. The molecule has 1 saturated heterocycles. The molecule has 1 heterocycles. The zero-order chi connectivity index (χ0) is 13.8. The van der Waals surface area contributed by atoms with E-state index < -0.39 is 0 Å². The smallest absolute Gasteiger partial charge is 0.106 e. The summed E-state index contributed by atoms with van der Waals surface area (Å²) < 4.78 is 5.41. The van der Waals surface area contributed by atoms with Gasteiger partial charge in [0.05, 0.1) is 0 Å². The van der Waals surface area contributed by atoms with Crippen molar-refractivity contribution in [3.63, 3.8) is 0 Å². The Morgan fingerprint density at radius 2 is 2.11 bits per heavy atom. The first-order chi connectivity index (χ1) is 9.08. The molecule has 0 spiro atoms. The average Bonchev–Trinajstić information content (AvgIpc) is 2.39. The van der Waals surface area contributed by atoms with Crippen molar-refractivity contribution in [2.24, 2.45) is 11.7 Å². The highest BCUT2D eigenvalue weighted by Crippen LogP contribution is 2.24. The van der Waals surface area contributed by atoms with Crippen LogP contribution in [0.4, 0.5) is 5.69 Å². The minimum atomic E-state index is 0.402. The predicted molar refractivity (Wildman–Crippen MR) is 83.7 cm³/mol. The molecule has 1 aromatic rings. The molecule has 0 aromatic heterocycles. The van der Waals surface area contributed by atoms with Crippen molar-refractivity contribution in [2.75, 3.05) is 18.5 Å². The van der Waals surface area contributed by atoms with Crippen LogP contribution >= 0.6 is 12.2 Å². The summed E-state index contributed by atoms with van der Waals surface area (Å²) >= 11 is 5.12. The van der Waals surface area contributed by atoms with Crippen LogP contribution in [0, 0.1) is 12.8 Å². The van der Waals surface area contributed by atoms with E-state index in [1.54, 1.807) is 0 Å². The van der Waals surface area contributed by atoms with Gasteiger partial charge in [0, 0.05) is 30.5 Å². The van der Waals surface area contributed by atoms with Crippen LogP contribution in [0.25, 0.3) is 0 Å². The number of hydrogen-bond acceptors (Lipinski definition) is 3. The summed E-state index contributed by atoms with van der Waals surface area (Å²) in [5.41, 5.74) is 8.98. The van der Waals surface area contributed by atoms with E-state index >= 15 is 0 Å². The summed E-state index contributed by atoms with van der Waals surface area (Å²) in [7, 11) is 0. The fraction of sp³-hybridized carbons (Fsp3) is 0.533. The standard InChI is InChI=1S/C15H22N2OS/c1-10-3-4-13(15(16)19)14(9-10)17-11(2)12-5-7-18-8-6-12/h3-4,9,11-12,17H,5-8H2,1-2H3,(H2,16,19). The summed E-state index contributed by atoms with van der Waals surface area (Å²) in [6.07, 6.45) is 2.23. The van der Waals surface area contributed by atoms with Crippen LogP contribution in [0.15, 0.2) is 18.2 Å². The summed E-state index contributed by atoms with van der Waals surface area (Å²) in [5, 5.41) is 3.58. The highest BCUT2D eigenvalue weighted by atomic mass is 32.1. The van der Waals surface area contributed by atoms with Crippen molar-refractivity contribution < 1.29 is 4.74 Å². The summed E-state index contributed by atoms with van der Waals surface area (Å²) in [6.45, 7) is 6.04. The number of hydrogen-bond donors (Lipinski definition) is 2. The van der Waals surface area contributed by atoms with Crippen molar-refractivity contribution >= 4 is 22.9 Å². The molecule has 0 saturated carbocycles. The normalized spacial score (nSPS) is 18.0. The molecule has 0 aliphatic carbocycles. The minimum Gasteiger partial charge on any atom is -0.389 e. The lowest BCUT2D eigenvalue weighted by Crippen LogP contribution is -2.31. The quantitative estimate of drug-likeness (QED) is 0.831. The molecule has 0 radical (unpaired) electrons. The van der Waals surface area contributed by atoms with Crippen molar-refractivity contribution in [3.8, 4) is 0 Å². The molecule has 104 valence electrons. The molecule has 1 aromatic carbocycles. The van der Waals surface area contributed by atoms with Gasteiger partial charge in [-0.05, 0) is 50.3 Å². The average molecular weight is 278 g/mol. The number of nitrogens with one attached hydrogen (secondary N) is 1. The van der Waals surface area contributed by atoms with Crippen molar-refractivity contribution in [2.45, 2.75) is 32.7 Å². The fourth-order valence-corrected chi connectivity index (χ4v) is 2.75. The largest absolute Gasteiger partial charge is 0.389 e. The Morgan fingerprint density at radius 1 is 1.42 bits per heavy atom. The number of thiocarbonyl (C=S) groups is 1. The number of anilines is 1. The third-order valence-electron chi connectivity index (χ3n) is 3.80. The SMILES string of the molecule is Cc1ccc(C(N)=S)c(NC(C)C2CCOCC2)c1. The molecule has 0 bridgehead atoms. The second kappa shape index (κ2) is 6.35. The Kier molecular flexibility index (Phi) is 4.77. The lowest BCUT2D eigenvalue weighted by molar-refractivity contribution is 0.0622. The predicted octanol–water partition coefficient (Wildman–Crippen LogP) is 2.86. The molecule has 4 heteroatoms. The van der Waals surface area contributed by atoms with Gasteiger partial charge in [-0.1, -0.05) is 18.3 Å². The van der Waals surface area contributed by atoms with E-state index in [0.29, 0.717) is 16.9 Å². The molecule has 2 rings (SSSR count). The minimum absolute atomic E-state index is 0.402. The van der Waals surface area contributed by atoms with Gasteiger partial charge in [-0.2, -0.15) is 0 Å². The molecule has 0 amide bonds. The van der Waals surface area contributed by atoms with Crippen LogP contribution in [-0.4, -0.2) is 24.2 Å². The molecule has 3 nitrogen and oxygen atoms in total. The molecule has 19 heavy (non-hydrogen) atoms. The van der Waals surface area contributed by atoms with E-state index in [2.05, 4.69) is 25.2 Å². The molecular formula is C15H22N2OS. The van der Waals surface area contributed by atoms with Gasteiger partial charge in [0.25, 0.3) is 0 Å². The first-order valence-corrected chi connectivity index (χ1v) is 7.23. The van der Waals surface area contributed by atoms with Crippen LogP contribution in [0.1, 0.15) is 30.9 Å². The highest BCUT2D eigenvalue weighted by Gasteiger charge is 2.21. The van der Waals surface area contributed by atoms with Gasteiger partial charge in [0.15, 0.2) is 0 Å². The van der Waals surface area contributed by atoms with Crippen molar-refractivity contribution in [3.05, 3.63) is 29.3 Å². The van der Waals surface area contributed by atoms with E-state index in [-0.39, 0.29) is 0 Å². The van der Waals surface area contributed by atoms with Crippen LogP contribution in [0.5, 0.6) is 0 Å². The maximum absolute atomic E-state index is 5.79. The Labute approximate surface area is 120 Å². The first-order valence-electron chi connectivity index (χ1n) is 6.82. The summed E-state index contributed by atoms with van der Waals surface area (Å²) in [4.78, 5) is 0.446. The number of nitrogens with two attached hydrogens (primary N) is 1. The second-order valence-corrected chi connectivity index (χ2v) is 5.74. The van der Waals surface area contributed by atoms with Gasteiger partial charge < -0.3 is 15.8 Å². The van der Waals surface area contributed by atoms with Gasteiger partial charge in [-0.3, -0.25) is 0 Å². The zero-order valence-electron chi connectivity index (χ0n) is 11.6. The van der Waals surface area contributed by atoms with Crippen molar-refractivity contribution in [1.29, 1.82) is 0 Å². The van der Waals surface area contributed by atoms with Crippen LogP contribution < -0.4 is 11.1 Å². The molecule has 1 unspecified atom stereocenters. The van der Waals surface area contributed by atoms with E-state index in [0.717, 1.165) is 37.3 Å². The second-order valence-electron chi connectivity index (χ2n) is 5.30. The van der Waals surface area contributed by atoms with Crippen molar-refractivity contribution in [1.82, 2.24) is 0 Å². The van der Waals surface area contributed by atoms with Crippen LogP contribution in [0.2, 0.25) is 0 Å². The lowest BCUT2D eigenvalue weighted by Gasteiger charge is -2.29. The van der Waals surface area contributed by atoms with E-state index in [1.165, 1.54) is 5.56 Å². The Balaban J connectivity index is 2.12. The molecule has 1 atom stereocenters. The highest BCUT2D eigenvalue weighted by molar-refractivity contribution is 7.80. The van der Waals surface area contributed by atoms with Crippen LogP contribution in [0.3, 0.4) is 0 Å². The fourth-order valence-electron chi connectivity index (χ4n) is 2.57. The lowest BCUT2D eigenvalue weighted by atomic mass is 9.92. The maximum Gasteiger partial charge on any atom is 0.106 e. The Morgan fingerprint density at radius 3 is 2.74 bits per heavy atom. The topological polar surface area (TPSA) is 47.3 Å². The zero-order valence-corrected chi connectivity index (χ0v) is 12.4. The monoisotopic (exact) mass is 278 g/mol. The molecule has 1 aliphatic heterocycles. The van der Waals surface area contributed by atoms with Gasteiger partial charge in [0.1, 0.15) is 4.99 Å². The van der Waals surface area contributed by atoms with E-state index in [9.17, 15) is 0 Å². The van der Waals surface area contributed by atoms with Crippen LogP contribution in [-0.2, 0) is 4.74 Å². The third-order valence-corrected chi connectivity index (χ3v) is 4.02. The molecule has 3 N–H and O–H groups in total. The third kappa shape index (κ3) is 3.67. The number of benzene rings is 1.